The van der Waals surface area contributed by atoms with E-state index in [2.05, 4.69) is 10.3 Å². The Morgan fingerprint density at radius 3 is 2.58 bits per heavy atom. The van der Waals surface area contributed by atoms with Crippen molar-refractivity contribution in [1.82, 2.24) is 9.55 Å². The molecule has 0 radical (unpaired) electrons. The second kappa shape index (κ2) is 8.97. The Morgan fingerprint density at radius 2 is 1.94 bits per heavy atom. The van der Waals surface area contributed by atoms with Crippen LogP contribution in [0.5, 0.6) is 0 Å². The van der Waals surface area contributed by atoms with Gasteiger partial charge in [-0.25, -0.2) is 4.98 Å². The van der Waals surface area contributed by atoms with Crippen molar-refractivity contribution in [3.63, 3.8) is 0 Å². The van der Waals surface area contributed by atoms with Crippen LogP contribution >= 0.6 is 0 Å². The van der Waals surface area contributed by atoms with Crippen molar-refractivity contribution in [1.29, 1.82) is 0 Å². The van der Waals surface area contributed by atoms with E-state index in [1.165, 1.54) is 12.1 Å². The van der Waals surface area contributed by atoms with E-state index >= 15 is 0 Å². The van der Waals surface area contributed by atoms with Crippen molar-refractivity contribution in [3.05, 3.63) is 81.9 Å². The molecule has 2 aromatic carbocycles. The molecule has 1 aliphatic heterocycles. The normalized spacial score (nSPS) is 13.8. The van der Waals surface area contributed by atoms with Crippen molar-refractivity contribution in [3.8, 4) is 0 Å². The first-order chi connectivity index (χ1) is 15.0. The number of anilines is 2. The summed E-state index contributed by atoms with van der Waals surface area (Å²) >= 11 is 0. The number of carbonyl (C=O) groups is 1. The standard InChI is InChI=1S/C22H23N5O4/c1-16-23-8-9-26(16)15-17-2-4-18(5-3-17)24-22(28)20-14-19(27(29)30)6-7-21(20)25-10-12-31-13-11-25/h2-9,14H,10-13,15H2,1H3,(H,24,28). The van der Waals surface area contributed by atoms with Crippen LogP contribution in [0.3, 0.4) is 0 Å². The van der Waals surface area contributed by atoms with Crippen LogP contribution in [-0.2, 0) is 11.3 Å². The van der Waals surface area contributed by atoms with Gasteiger partial charge in [-0.15, -0.1) is 0 Å². The number of nitro benzene ring substituents is 1. The molecule has 0 aliphatic carbocycles. The highest BCUT2D eigenvalue weighted by Crippen LogP contribution is 2.27. The predicted octanol–water partition coefficient (Wildman–Crippen LogP) is 3.24. The average molecular weight is 421 g/mol. The smallest absolute Gasteiger partial charge is 0.270 e. The van der Waals surface area contributed by atoms with Gasteiger partial charge in [-0.2, -0.15) is 0 Å². The van der Waals surface area contributed by atoms with E-state index in [1.54, 1.807) is 12.3 Å². The molecule has 2 heterocycles. The molecule has 0 atom stereocenters. The Balaban J connectivity index is 1.53. The first kappa shape index (κ1) is 20.5. The first-order valence-electron chi connectivity index (χ1n) is 10.0. The number of ether oxygens (including phenoxy) is 1. The van der Waals surface area contributed by atoms with Crippen molar-refractivity contribution in [2.75, 3.05) is 36.5 Å². The van der Waals surface area contributed by atoms with Crippen LogP contribution in [0.1, 0.15) is 21.7 Å². The Hall–Kier alpha value is -3.72. The lowest BCUT2D eigenvalue weighted by molar-refractivity contribution is -0.384. The third-order valence-corrected chi connectivity index (χ3v) is 5.28. The molecular weight excluding hydrogens is 398 g/mol. The predicted molar refractivity (Wildman–Crippen MR) is 117 cm³/mol. The van der Waals surface area contributed by atoms with Gasteiger partial charge >= 0.3 is 0 Å². The lowest BCUT2D eigenvalue weighted by atomic mass is 10.1. The number of rotatable bonds is 6. The number of benzene rings is 2. The quantitative estimate of drug-likeness (QED) is 0.484. The Bertz CT molecular complexity index is 1090. The van der Waals surface area contributed by atoms with E-state index in [0.717, 1.165) is 11.4 Å². The topological polar surface area (TPSA) is 103 Å². The lowest BCUT2D eigenvalue weighted by Gasteiger charge is -2.30. The minimum absolute atomic E-state index is 0.117. The zero-order valence-corrected chi connectivity index (χ0v) is 17.2. The number of carbonyl (C=O) groups excluding carboxylic acids is 1. The van der Waals surface area contributed by atoms with Gasteiger partial charge in [-0.1, -0.05) is 12.1 Å². The highest BCUT2D eigenvalue weighted by atomic mass is 16.6. The number of aryl methyl sites for hydroxylation is 1. The molecule has 1 aliphatic rings. The highest BCUT2D eigenvalue weighted by Gasteiger charge is 2.22. The molecule has 0 saturated carbocycles. The summed E-state index contributed by atoms with van der Waals surface area (Å²) in [5.74, 6) is 0.544. The summed E-state index contributed by atoms with van der Waals surface area (Å²) in [7, 11) is 0. The summed E-state index contributed by atoms with van der Waals surface area (Å²) in [5.41, 5.74) is 2.51. The minimum Gasteiger partial charge on any atom is -0.378 e. The third-order valence-electron chi connectivity index (χ3n) is 5.28. The van der Waals surface area contributed by atoms with Crippen LogP contribution in [0.2, 0.25) is 0 Å². The number of nitrogens with one attached hydrogen (secondary N) is 1. The highest BCUT2D eigenvalue weighted by molar-refractivity contribution is 6.08. The maximum atomic E-state index is 13.0. The van der Waals surface area contributed by atoms with Crippen LogP contribution in [0, 0.1) is 17.0 Å². The fraction of sp³-hybridized carbons (Fsp3) is 0.273. The molecule has 1 fully saturated rings. The SMILES string of the molecule is Cc1nccn1Cc1ccc(NC(=O)c2cc([N+](=O)[O-])ccc2N2CCOCC2)cc1. The molecule has 1 N–H and O–H groups in total. The minimum atomic E-state index is -0.493. The maximum Gasteiger partial charge on any atom is 0.270 e. The van der Waals surface area contributed by atoms with Crippen molar-refractivity contribution >= 4 is 23.0 Å². The van der Waals surface area contributed by atoms with Gasteiger partial charge in [0.25, 0.3) is 11.6 Å². The molecule has 0 spiro atoms. The molecule has 160 valence electrons. The molecule has 4 rings (SSSR count). The van der Waals surface area contributed by atoms with Gasteiger partial charge in [0.1, 0.15) is 5.82 Å². The van der Waals surface area contributed by atoms with E-state index < -0.39 is 4.92 Å². The second-order valence-corrected chi connectivity index (χ2v) is 7.31. The van der Waals surface area contributed by atoms with Gasteiger partial charge in [0.15, 0.2) is 0 Å². The third kappa shape index (κ3) is 4.72. The van der Waals surface area contributed by atoms with Gasteiger partial charge in [0, 0.05) is 49.8 Å². The van der Waals surface area contributed by atoms with E-state index in [1.807, 2.05) is 46.9 Å². The summed E-state index contributed by atoms with van der Waals surface area (Å²) in [4.78, 5) is 30.0. The summed E-state index contributed by atoms with van der Waals surface area (Å²) in [5, 5.41) is 14.1. The van der Waals surface area contributed by atoms with Crippen LogP contribution in [0.4, 0.5) is 17.1 Å². The number of nitrogens with zero attached hydrogens (tertiary/aromatic N) is 4. The summed E-state index contributed by atoms with van der Waals surface area (Å²) in [6.45, 7) is 4.98. The van der Waals surface area contributed by atoms with Gasteiger partial charge in [0.05, 0.1) is 29.4 Å². The molecule has 0 bridgehead atoms. The number of amides is 1. The summed E-state index contributed by atoms with van der Waals surface area (Å²) in [6, 6.07) is 11.9. The largest absolute Gasteiger partial charge is 0.378 e. The molecule has 1 amide bonds. The molecular formula is C22H23N5O4. The molecule has 9 nitrogen and oxygen atoms in total. The zero-order chi connectivity index (χ0) is 21.8. The Kier molecular flexibility index (Phi) is 5.94. The fourth-order valence-corrected chi connectivity index (χ4v) is 3.56. The lowest BCUT2D eigenvalue weighted by Crippen LogP contribution is -2.37. The number of aromatic nitrogens is 2. The van der Waals surface area contributed by atoms with E-state index in [4.69, 9.17) is 4.74 Å². The molecule has 1 aromatic heterocycles. The number of hydrogen-bond donors (Lipinski definition) is 1. The number of hydrogen-bond acceptors (Lipinski definition) is 6. The molecule has 3 aromatic rings. The molecule has 31 heavy (non-hydrogen) atoms. The molecule has 1 saturated heterocycles. The maximum absolute atomic E-state index is 13.0. The Morgan fingerprint density at radius 1 is 1.19 bits per heavy atom. The van der Waals surface area contributed by atoms with E-state index in [-0.39, 0.29) is 17.2 Å². The van der Waals surface area contributed by atoms with Crippen LogP contribution < -0.4 is 10.2 Å². The van der Waals surface area contributed by atoms with Gasteiger partial charge in [-0.3, -0.25) is 14.9 Å². The zero-order valence-electron chi connectivity index (χ0n) is 17.2. The van der Waals surface area contributed by atoms with Crippen LogP contribution in [-0.4, -0.2) is 46.7 Å². The number of imidazole rings is 1. The van der Waals surface area contributed by atoms with Gasteiger partial charge in [-0.05, 0) is 30.7 Å². The van der Waals surface area contributed by atoms with Gasteiger partial charge in [0.2, 0.25) is 0 Å². The van der Waals surface area contributed by atoms with Crippen molar-refractivity contribution in [2.45, 2.75) is 13.5 Å². The number of non-ortho nitro benzene ring substituents is 1. The molecule has 0 unspecified atom stereocenters. The molecule has 9 heteroatoms. The van der Waals surface area contributed by atoms with E-state index in [9.17, 15) is 14.9 Å². The van der Waals surface area contributed by atoms with Crippen molar-refractivity contribution in [2.24, 2.45) is 0 Å². The van der Waals surface area contributed by atoms with Crippen molar-refractivity contribution < 1.29 is 14.5 Å². The second-order valence-electron chi connectivity index (χ2n) is 7.31. The number of nitro groups is 1. The van der Waals surface area contributed by atoms with Crippen LogP contribution in [0.15, 0.2) is 54.9 Å². The van der Waals surface area contributed by atoms with Crippen LogP contribution in [0.25, 0.3) is 0 Å². The fourth-order valence-electron chi connectivity index (χ4n) is 3.56. The van der Waals surface area contributed by atoms with E-state index in [0.29, 0.717) is 44.2 Å². The average Bonchev–Trinajstić information content (AvgIpc) is 3.19. The Labute approximate surface area is 179 Å². The number of morpholine rings is 1. The van der Waals surface area contributed by atoms with Gasteiger partial charge < -0.3 is 19.5 Å². The monoisotopic (exact) mass is 421 g/mol. The summed E-state index contributed by atoms with van der Waals surface area (Å²) < 4.78 is 7.41. The first-order valence-corrected chi connectivity index (χ1v) is 10.0. The summed E-state index contributed by atoms with van der Waals surface area (Å²) in [6.07, 6.45) is 3.68.